The van der Waals surface area contributed by atoms with Crippen molar-refractivity contribution < 1.29 is 0 Å². The Morgan fingerprint density at radius 3 is 1.56 bits per heavy atom. The number of benzene rings is 2. The maximum absolute atomic E-state index is 3.50. The third-order valence-electron chi connectivity index (χ3n) is 3.64. The number of rotatable bonds is 2. The largest absolute Gasteiger partial charge is 0.315 e. The van der Waals surface area contributed by atoms with Gasteiger partial charge >= 0.3 is 0 Å². The van der Waals surface area contributed by atoms with Crippen LogP contribution in [0, 0.1) is 0 Å². The van der Waals surface area contributed by atoms with Gasteiger partial charge in [0.1, 0.15) is 0 Å². The zero-order chi connectivity index (χ0) is 12.3. The molecule has 18 heavy (non-hydrogen) atoms. The third kappa shape index (κ3) is 2.06. The second-order valence-electron chi connectivity index (χ2n) is 4.67. The lowest BCUT2D eigenvalue weighted by molar-refractivity contribution is 0.744. The topological polar surface area (TPSA) is 12.0 Å². The van der Waals surface area contributed by atoms with Gasteiger partial charge in [-0.1, -0.05) is 36.4 Å². The predicted molar refractivity (Wildman–Crippen MR) is 79.6 cm³/mol. The fraction of sp³-hybridized carbons (Fsp3) is 0.250. The quantitative estimate of drug-likeness (QED) is 0.868. The smallest absolute Gasteiger partial charge is 0.00342 e. The molecule has 0 spiro atoms. The van der Waals surface area contributed by atoms with Gasteiger partial charge in [0, 0.05) is 13.1 Å². The lowest BCUT2D eigenvalue weighted by atomic mass is 10.4. The minimum Gasteiger partial charge on any atom is -0.315 e. The molecule has 1 saturated heterocycles. The molecule has 3 rings (SSSR count). The van der Waals surface area contributed by atoms with Crippen molar-refractivity contribution in [2.75, 3.05) is 24.6 Å². The summed E-state index contributed by atoms with van der Waals surface area (Å²) in [5, 5.41) is 3.50. The minimum atomic E-state index is -0.818. The molecule has 0 unspecified atom stereocenters. The third-order valence-corrected chi connectivity index (χ3v) is 7.79. The average molecular weight is 257 g/mol. The van der Waals surface area contributed by atoms with Crippen molar-refractivity contribution >= 4 is 10.0 Å². The van der Waals surface area contributed by atoms with E-state index < -0.39 is 10.0 Å². The van der Waals surface area contributed by atoms with Gasteiger partial charge in [0.2, 0.25) is 0 Å². The highest BCUT2D eigenvalue weighted by Crippen LogP contribution is 2.62. The molecule has 1 N–H and O–H groups in total. The van der Waals surface area contributed by atoms with Crippen LogP contribution in [0.15, 0.2) is 70.5 Å². The van der Waals surface area contributed by atoms with E-state index in [0.29, 0.717) is 0 Å². The van der Waals surface area contributed by atoms with Crippen molar-refractivity contribution in [3.8, 4) is 0 Å². The van der Waals surface area contributed by atoms with Gasteiger partial charge in [0.25, 0.3) is 0 Å². The van der Waals surface area contributed by atoms with Crippen LogP contribution in [0.4, 0.5) is 0 Å². The van der Waals surface area contributed by atoms with Gasteiger partial charge in [-0.2, -0.15) is 10.0 Å². The SMILES string of the molecule is c1ccc(S2(c3ccccc3)CCNCC2)cc1. The maximum atomic E-state index is 3.50. The predicted octanol–water partition coefficient (Wildman–Crippen LogP) is 3.51. The summed E-state index contributed by atoms with van der Waals surface area (Å²) in [6.07, 6.45) is 0. The van der Waals surface area contributed by atoms with Gasteiger partial charge in [0.05, 0.1) is 0 Å². The summed E-state index contributed by atoms with van der Waals surface area (Å²) in [5.41, 5.74) is 0. The van der Waals surface area contributed by atoms with E-state index in [1.54, 1.807) is 0 Å². The molecule has 1 fully saturated rings. The molecule has 1 aliphatic heterocycles. The van der Waals surface area contributed by atoms with Crippen LogP contribution < -0.4 is 5.32 Å². The monoisotopic (exact) mass is 257 g/mol. The molecule has 1 heterocycles. The van der Waals surface area contributed by atoms with Gasteiger partial charge in [-0.05, 0) is 45.6 Å². The summed E-state index contributed by atoms with van der Waals surface area (Å²) in [5.74, 6) is 2.53. The Morgan fingerprint density at radius 2 is 1.11 bits per heavy atom. The lowest BCUT2D eigenvalue weighted by Gasteiger charge is -2.44. The van der Waals surface area contributed by atoms with Crippen LogP contribution in [0.5, 0.6) is 0 Å². The molecule has 2 aromatic rings. The fourth-order valence-electron chi connectivity index (χ4n) is 2.69. The second kappa shape index (κ2) is 5.17. The molecule has 1 aliphatic rings. The highest BCUT2D eigenvalue weighted by Gasteiger charge is 2.29. The molecule has 94 valence electrons. The first-order valence-corrected chi connectivity index (χ1v) is 8.49. The Morgan fingerprint density at radius 1 is 0.667 bits per heavy atom. The summed E-state index contributed by atoms with van der Waals surface area (Å²) in [4.78, 5) is 3.08. The minimum absolute atomic E-state index is 0.818. The van der Waals surface area contributed by atoms with Gasteiger partial charge in [-0.3, -0.25) is 0 Å². The molecule has 1 nitrogen and oxygen atoms in total. The Hall–Kier alpha value is -1.25. The van der Waals surface area contributed by atoms with Crippen LogP contribution in [0.2, 0.25) is 0 Å². The van der Waals surface area contributed by atoms with Crippen LogP contribution in [-0.2, 0) is 0 Å². The zero-order valence-corrected chi connectivity index (χ0v) is 11.3. The molecule has 0 aliphatic carbocycles. The standard InChI is InChI=1S/C16H19NS/c1-3-7-15(8-4-1)18(13-11-17-12-14-18)16-9-5-2-6-10-16/h1-10,17H,11-14H2. The Kier molecular flexibility index (Phi) is 3.39. The molecular weight excluding hydrogens is 238 g/mol. The van der Waals surface area contributed by atoms with Crippen molar-refractivity contribution in [1.29, 1.82) is 0 Å². The molecule has 0 aromatic heterocycles. The van der Waals surface area contributed by atoms with E-state index in [4.69, 9.17) is 0 Å². The second-order valence-corrected chi connectivity index (χ2v) is 8.19. The van der Waals surface area contributed by atoms with E-state index >= 15 is 0 Å². The molecule has 0 saturated carbocycles. The first-order valence-electron chi connectivity index (χ1n) is 6.51. The highest BCUT2D eigenvalue weighted by atomic mass is 32.3. The van der Waals surface area contributed by atoms with Gasteiger partial charge < -0.3 is 5.32 Å². The van der Waals surface area contributed by atoms with E-state index in [1.165, 1.54) is 21.3 Å². The lowest BCUT2D eigenvalue weighted by Crippen LogP contribution is -2.34. The first kappa shape index (κ1) is 11.8. The molecular formula is C16H19NS. The molecule has 2 aromatic carbocycles. The average Bonchev–Trinajstić information content (AvgIpc) is 2.50. The summed E-state index contributed by atoms with van der Waals surface area (Å²) in [6, 6.07) is 22.2. The van der Waals surface area contributed by atoms with E-state index in [-0.39, 0.29) is 0 Å². The van der Waals surface area contributed by atoms with E-state index in [0.717, 1.165) is 13.1 Å². The zero-order valence-electron chi connectivity index (χ0n) is 10.5. The van der Waals surface area contributed by atoms with Crippen LogP contribution in [0.3, 0.4) is 0 Å². The van der Waals surface area contributed by atoms with Crippen LogP contribution in [-0.4, -0.2) is 24.6 Å². The molecule has 0 radical (unpaired) electrons. The maximum Gasteiger partial charge on any atom is 0.00342 e. The van der Waals surface area contributed by atoms with E-state index in [1.807, 2.05) is 0 Å². The summed E-state index contributed by atoms with van der Waals surface area (Å²) in [7, 11) is -0.818. The first-order chi connectivity index (χ1) is 8.92. The molecule has 0 bridgehead atoms. The van der Waals surface area contributed by atoms with Crippen molar-refractivity contribution in [1.82, 2.24) is 5.32 Å². The molecule has 0 amide bonds. The van der Waals surface area contributed by atoms with Crippen LogP contribution in [0.1, 0.15) is 0 Å². The van der Waals surface area contributed by atoms with Crippen molar-refractivity contribution in [2.45, 2.75) is 9.79 Å². The number of nitrogens with one attached hydrogen (secondary N) is 1. The number of hydrogen-bond acceptors (Lipinski definition) is 1. The summed E-state index contributed by atoms with van der Waals surface area (Å²) in [6.45, 7) is 2.28. The fourth-order valence-corrected chi connectivity index (χ4v) is 6.45. The normalized spacial score (nSPS) is 20.2. The molecule has 0 atom stereocenters. The summed E-state index contributed by atoms with van der Waals surface area (Å²) < 4.78 is 0. The Balaban J connectivity index is 2.10. The number of hydrogen-bond donors (Lipinski definition) is 1. The Labute approximate surface area is 111 Å². The van der Waals surface area contributed by atoms with Gasteiger partial charge in [-0.25, -0.2) is 0 Å². The highest BCUT2D eigenvalue weighted by molar-refractivity contribution is 8.33. The van der Waals surface area contributed by atoms with Gasteiger partial charge in [0.15, 0.2) is 0 Å². The van der Waals surface area contributed by atoms with Crippen molar-refractivity contribution in [3.05, 3.63) is 60.7 Å². The van der Waals surface area contributed by atoms with E-state index in [2.05, 4.69) is 66.0 Å². The van der Waals surface area contributed by atoms with Crippen LogP contribution >= 0.6 is 10.0 Å². The van der Waals surface area contributed by atoms with Crippen LogP contribution in [0.25, 0.3) is 0 Å². The summed E-state index contributed by atoms with van der Waals surface area (Å²) >= 11 is 0. The van der Waals surface area contributed by atoms with Gasteiger partial charge in [-0.15, -0.1) is 0 Å². The van der Waals surface area contributed by atoms with Crippen molar-refractivity contribution in [3.63, 3.8) is 0 Å². The molecule has 2 heteroatoms. The Bertz CT molecular complexity index is 448. The van der Waals surface area contributed by atoms with Crippen molar-refractivity contribution in [2.24, 2.45) is 0 Å². The van der Waals surface area contributed by atoms with E-state index in [9.17, 15) is 0 Å².